The van der Waals surface area contributed by atoms with Crippen molar-refractivity contribution >= 4 is 29.1 Å². The van der Waals surface area contributed by atoms with Gasteiger partial charge < -0.3 is 15.2 Å². The van der Waals surface area contributed by atoms with Gasteiger partial charge >= 0.3 is 5.97 Å². The van der Waals surface area contributed by atoms with Crippen LogP contribution >= 0.6 is 11.6 Å². The Bertz CT molecular complexity index is 890. The van der Waals surface area contributed by atoms with Crippen LogP contribution in [0.15, 0.2) is 55.1 Å². The minimum Gasteiger partial charge on any atom is -0.486 e. The predicted molar refractivity (Wildman–Crippen MR) is 92.3 cm³/mol. The highest BCUT2D eigenvalue weighted by Gasteiger charge is 2.12. The zero-order valence-electron chi connectivity index (χ0n) is 12.9. The van der Waals surface area contributed by atoms with Crippen LogP contribution in [0.2, 0.25) is 5.02 Å². The van der Waals surface area contributed by atoms with Gasteiger partial charge in [0.15, 0.2) is 0 Å². The van der Waals surface area contributed by atoms with Crippen LogP contribution in [0.5, 0.6) is 5.75 Å². The lowest BCUT2D eigenvalue weighted by molar-refractivity contribution is 0.0697. The highest BCUT2D eigenvalue weighted by Crippen LogP contribution is 2.29. The second-order valence-corrected chi connectivity index (χ2v) is 5.38. The normalized spacial score (nSPS) is 10.3. The number of aromatic nitrogens is 3. The maximum absolute atomic E-state index is 11.2. The summed E-state index contributed by atoms with van der Waals surface area (Å²) in [5, 5.41) is 12.4. The first-order chi connectivity index (χ1) is 12.1. The number of aromatic carboxylic acids is 1. The van der Waals surface area contributed by atoms with Crippen LogP contribution in [0.4, 0.5) is 11.5 Å². The molecule has 0 aliphatic carbocycles. The third kappa shape index (κ3) is 4.21. The highest BCUT2D eigenvalue weighted by molar-refractivity contribution is 6.32. The Balaban J connectivity index is 1.73. The first-order valence-electron chi connectivity index (χ1n) is 7.26. The van der Waals surface area contributed by atoms with Gasteiger partial charge in [-0.2, -0.15) is 0 Å². The van der Waals surface area contributed by atoms with E-state index in [1.54, 1.807) is 24.4 Å². The van der Waals surface area contributed by atoms with E-state index in [1.165, 1.54) is 12.5 Å². The van der Waals surface area contributed by atoms with E-state index >= 15 is 0 Å². The van der Waals surface area contributed by atoms with Gasteiger partial charge in [-0.15, -0.1) is 0 Å². The van der Waals surface area contributed by atoms with Crippen LogP contribution in [0, 0.1) is 0 Å². The molecular formula is C17H13ClN4O3. The number of anilines is 2. The Labute approximate surface area is 148 Å². The van der Waals surface area contributed by atoms with Gasteiger partial charge in [-0.1, -0.05) is 17.7 Å². The van der Waals surface area contributed by atoms with Crippen LogP contribution in [0.25, 0.3) is 0 Å². The van der Waals surface area contributed by atoms with E-state index in [2.05, 4.69) is 20.3 Å². The minimum absolute atomic E-state index is 0.0332. The number of ether oxygens (including phenoxy) is 1. The maximum atomic E-state index is 11.2. The molecule has 2 heterocycles. The fourth-order valence-corrected chi connectivity index (χ4v) is 2.29. The molecule has 0 unspecified atom stereocenters. The number of nitrogens with one attached hydrogen (secondary N) is 1. The van der Waals surface area contributed by atoms with E-state index in [-0.39, 0.29) is 11.4 Å². The molecule has 0 atom stereocenters. The zero-order valence-corrected chi connectivity index (χ0v) is 13.6. The first-order valence-corrected chi connectivity index (χ1v) is 7.64. The van der Waals surface area contributed by atoms with Crippen molar-refractivity contribution in [2.45, 2.75) is 6.61 Å². The number of carbonyl (C=O) groups is 1. The van der Waals surface area contributed by atoms with E-state index in [9.17, 15) is 4.79 Å². The van der Waals surface area contributed by atoms with E-state index in [1.807, 2.05) is 18.2 Å². The van der Waals surface area contributed by atoms with Crippen LogP contribution in [0.1, 0.15) is 16.1 Å². The molecule has 2 aromatic heterocycles. The van der Waals surface area contributed by atoms with Crippen molar-refractivity contribution in [3.05, 3.63) is 71.4 Å². The third-order valence-electron chi connectivity index (χ3n) is 3.24. The van der Waals surface area contributed by atoms with E-state index in [0.29, 0.717) is 23.1 Å². The van der Waals surface area contributed by atoms with Gasteiger partial charge in [-0.3, -0.25) is 4.98 Å². The number of nitrogens with zero attached hydrogens (tertiary/aromatic N) is 3. The molecule has 1 aromatic carbocycles. The second kappa shape index (κ2) is 7.59. The smallest absolute Gasteiger partial charge is 0.341 e. The molecule has 0 spiro atoms. The van der Waals surface area contributed by atoms with Gasteiger partial charge in [0, 0.05) is 18.1 Å². The van der Waals surface area contributed by atoms with Crippen molar-refractivity contribution in [3.8, 4) is 5.75 Å². The molecule has 0 saturated heterocycles. The lowest BCUT2D eigenvalue weighted by atomic mass is 10.2. The molecule has 3 rings (SSSR count). The number of benzene rings is 1. The lowest BCUT2D eigenvalue weighted by Crippen LogP contribution is -2.05. The van der Waals surface area contributed by atoms with Crippen LogP contribution in [-0.4, -0.2) is 26.0 Å². The van der Waals surface area contributed by atoms with Gasteiger partial charge in [-0.25, -0.2) is 14.8 Å². The molecule has 0 fully saturated rings. The monoisotopic (exact) mass is 356 g/mol. The van der Waals surface area contributed by atoms with Gasteiger partial charge in [0.05, 0.1) is 10.7 Å². The number of halogens is 1. The van der Waals surface area contributed by atoms with Gasteiger partial charge in [0.2, 0.25) is 0 Å². The predicted octanol–water partition coefficient (Wildman–Crippen LogP) is 3.55. The Morgan fingerprint density at radius 1 is 1.24 bits per heavy atom. The van der Waals surface area contributed by atoms with E-state index in [4.69, 9.17) is 21.4 Å². The third-order valence-corrected chi connectivity index (χ3v) is 3.53. The topological polar surface area (TPSA) is 97.2 Å². The summed E-state index contributed by atoms with van der Waals surface area (Å²) in [7, 11) is 0. The Morgan fingerprint density at radius 2 is 2.12 bits per heavy atom. The maximum Gasteiger partial charge on any atom is 0.341 e. The summed E-state index contributed by atoms with van der Waals surface area (Å²) in [6.07, 6.45) is 4.18. The Kier molecular flexibility index (Phi) is 5.06. The van der Waals surface area contributed by atoms with Crippen LogP contribution in [0.3, 0.4) is 0 Å². The molecular weight excluding hydrogens is 344 g/mol. The molecule has 0 radical (unpaired) electrons. The first kappa shape index (κ1) is 16.7. The average molecular weight is 357 g/mol. The summed E-state index contributed by atoms with van der Waals surface area (Å²) < 4.78 is 5.65. The van der Waals surface area contributed by atoms with E-state index in [0.717, 1.165) is 5.69 Å². The van der Waals surface area contributed by atoms with Gasteiger partial charge in [-0.05, 0) is 30.3 Å². The molecule has 7 nitrogen and oxygen atoms in total. The van der Waals surface area contributed by atoms with Gasteiger partial charge in [0.1, 0.15) is 30.1 Å². The number of carboxylic acids is 1. The zero-order chi connectivity index (χ0) is 17.6. The SMILES string of the molecule is O=C(O)c1cncnc1Nc1ccc(OCc2ccccn2)c(Cl)c1. The fourth-order valence-electron chi connectivity index (χ4n) is 2.05. The van der Waals surface area contributed by atoms with E-state index < -0.39 is 5.97 Å². The minimum atomic E-state index is -1.12. The number of hydrogen-bond acceptors (Lipinski definition) is 6. The summed E-state index contributed by atoms with van der Waals surface area (Å²) in [5.41, 5.74) is 1.33. The van der Waals surface area contributed by atoms with Crippen LogP contribution < -0.4 is 10.1 Å². The molecule has 0 aliphatic heterocycles. The number of rotatable bonds is 6. The molecule has 0 aliphatic rings. The van der Waals surface area contributed by atoms with Crippen molar-refractivity contribution in [3.63, 3.8) is 0 Å². The summed E-state index contributed by atoms with van der Waals surface area (Å²) in [6.45, 7) is 0.294. The summed E-state index contributed by atoms with van der Waals surface area (Å²) >= 11 is 6.23. The Hall–Kier alpha value is -3.19. The number of hydrogen-bond donors (Lipinski definition) is 2. The second-order valence-electron chi connectivity index (χ2n) is 4.97. The Morgan fingerprint density at radius 3 is 2.84 bits per heavy atom. The molecule has 0 bridgehead atoms. The van der Waals surface area contributed by atoms with Crippen molar-refractivity contribution in [1.29, 1.82) is 0 Å². The summed E-state index contributed by atoms with van der Waals surface area (Å²) in [6, 6.07) is 10.6. The standard InChI is InChI=1S/C17H13ClN4O3/c18-14-7-11(22-16-13(17(23)24)8-19-10-21-16)4-5-15(14)25-9-12-3-1-2-6-20-12/h1-8,10H,9H2,(H,23,24)(H,19,21,22). The molecule has 8 heteroatoms. The average Bonchev–Trinajstić information content (AvgIpc) is 2.62. The van der Waals surface area contributed by atoms with Gasteiger partial charge in [0.25, 0.3) is 0 Å². The molecule has 2 N–H and O–H groups in total. The molecule has 0 saturated carbocycles. The van der Waals surface area contributed by atoms with Crippen molar-refractivity contribution in [2.24, 2.45) is 0 Å². The molecule has 25 heavy (non-hydrogen) atoms. The quantitative estimate of drug-likeness (QED) is 0.697. The van der Waals surface area contributed by atoms with Crippen LogP contribution in [-0.2, 0) is 6.61 Å². The highest BCUT2D eigenvalue weighted by atomic mass is 35.5. The van der Waals surface area contributed by atoms with Crippen molar-refractivity contribution in [1.82, 2.24) is 15.0 Å². The summed E-state index contributed by atoms with van der Waals surface area (Å²) in [4.78, 5) is 23.0. The van der Waals surface area contributed by atoms with Crippen molar-refractivity contribution in [2.75, 3.05) is 5.32 Å². The molecule has 0 amide bonds. The largest absolute Gasteiger partial charge is 0.486 e. The number of carboxylic acid groups (broad SMARTS) is 1. The fraction of sp³-hybridized carbons (Fsp3) is 0.0588. The number of pyridine rings is 1. The molecule has 126 valence electrons. The summed E-state index contributed by atoms with van der Waals surface area (Å²) in [5.74, 6) is -0.441. The molecule has 3 aromatic rings. The van der Waals surface area contributed by atoms with Crippen molar-refractivity contribution < 1.29 is 14.6 Å². The lowest BCUT2D eigenvalue weighted by Gasteiger charge is -2.11.